The van der Waals surface area contributed by atoms with Gasteiger partial charge in [-0.1, -0.05) is 0 Å². The third-order valence-electron chi connectivity index (χ3n) is 1.41. The summed E-state index contributed by atoms with van der Waals surface area (Å²) in [4.78, 5) is 20.3. The standard InChI is InChI=1S/C7H13O4P/c1-12(4-2-6(8)9)5-3-7(10)11/h2-5H2,1H3,(H,8,9)(H,10,11). The molecule has 0 saturated heterocycles. The maximum absolute atomic E-state index is 10.1. The monoisotopic (exact) mass is 192 g/mol. The smallest absolute Gasteiger partial charge is 0.303 e. The van der Waals surface area contributed by atoms with Gasteiger partial charge in [0, 0.05) is 12.8 Å². The van der Waals surface area contributed by atoms with Crippen LogP contribution in [-0.2, 0) is 9.59 Å². The van der Waals surface area contributed by atoms with Crippen molar-refractivity contribution < 1.29 is 19.8 Å². The first kappa shape index (κ1) is 11.4. The van der Waals surface area contributed by atoms with Crippen LogP contribution in [-0.4, -0.2) is 41.1 Å². The first-order chi connectivity index (χ1) is 5.52. The van der Waals surface area contributed by atoms with E-state index in [2.05, 4.69) is 0 Å². The van der Waals surface area contributed by atoms with Gasteiger partial charge in [-0.25, -0.2) is 0 Å². The van der Waals surface area contributed by atoms with E-state index in [-0.39, 0.29) is 12.8 Å². The van der Waals surface area contributed by atoms with E-state index in [0.29, 0.717) is 12.3 Å². The fourth-order valence-electron chi connectivity index (χ4n) is 0.685. The summed E-state index contributed by atoms with van der Waals surface area (Å²) >= 11 is 0. The third kappa shape index (κ3) is 7.48. The molecular weight excluding hydrogens is 179 g/mol. The molecule has 0 aromatic heterocycles. The molecule has 0 saturated carbocycles. The van der Waals surface area contributed by atoms with Crippen LogP contribution in [0.3, 0.4) is 0 Å². The first-order valence-corrected chi connectivity index (χ1v) is 5.80. The van der Waals surface area contributed by atoms with Crippen LogP contribution in [0.1, 0.15) is 12.8 Å². The average molecular weight is 192 g/mol. The van der Waals surface area contributed by atoms with Crippen LogP contribution < -0.4 is 0 Å². The lowest BCUT2D eigenvalue weighted by Gasteiger charge is -2.07. The quantitative estimate of drug-likeness (QED) is 0.617. The Hall–Kier alpha value is -0.630. The SMILES string of the molecule is CP(CCC(=O)O)CCC(=O)O. The molecule has 0 aliphatic carbocycles. The van der Waals surface area contributed by atoms with Crippen LogP contribution in [0.15, 0.2) is 0 Å². The zero-order valence-corrected chi connectivity index (χ0v) is 7.88. The summed E-state index contributed by atoms with van der Waals surface area (Å²) in [5, 5.41) is 16.7. The summed E-state index contributed by atoms with van der Waals surface area (Å²) in [7, 11) is -0.407. The van der Waals surface area contributed by atoms with E-state index in [9.17, 15) is 9.59 Å². The molecule has 0 atom stereocenters. The van der Waals surface area contributed by atoms with Gasteiger partial charge >= 0.3 is 11.9 Å². The summed E-state index contributed by atoms with van der Waals surface area (Å²) < 4.78 is 0. The van der Waals surface area contributed by atoms with Gasteiger partial charge in [0.25, 0.3) is 0 Å². The lowest BCUT2D eigenvalue weighted by atomic mass is 10.5. The van der Waals surface area contributed by atoms with E-state index in [1.807, 2.05) is 6.66 Å². The van der Waals surface area contributed by atoms with Gasteiger partial charge in [-0.2, -0.15) is 0 Å². The molecule has 2 N–H and O–H groups in total. The van der Waals surface area contributed by atoms with Crippen molar-refractivity contribution in [2.45, 2.75) is 12.8 Å². The summed E-state index contributed by atoms with van der Waals surface area (Å²) in [5.74, 6) is -1.61. The van der Waals surface area contributed by atoms with Crippen LogP contribution in [0.2, 0.25) is 0 Å². The zero-order valence-electron chi connectivity index (χ0n) is 6.99. The number of carboxylic acids is 2. The fraction of sp³-hybridized carbons (Fsp3) is 0.714. The van der Waals surface area contributed by atoms with E-state index in [1.165, 1.54) is 0 Å². The van der Waals surface area contributed by atoms with Crippen molar-refractivity contribution in [3.8, 4) is 0 Å². The molecule has 0 aliphatic heterocycles. The summed E-state index contributed by atoms with van der Waals surface area (Å²) in [6.45, 7) is 1.93. The molecule has 0 aliphatic rings. The fourth-order valence-corrected chi connectivity index (χ4v) is 2.05. The highest BCUT2D eigenvalue weighted by atomic mass is 31.1. The lowest BCUT2D eigenvalue weighted by molar-refractivity contribution is -0.137. The Morgan fingerprint density at radius 3 is 1.67 bits per heavy atom. The van der Waals surface area contributed by atoms with Crippen molar-refractivity contribution in [3.63, 3.8) is 0 Å². The van der Waals surface area contributed by atoms with E-state index in [4.69, 9.17) is 10.2 Å². The molecule has 0 radical (unpaired) electrons. The molecule has 0 unspecified atom stereocenters. The second-order valence-corrected chi connectivity index (χ2v) is 5.20. The predicted molar refractivity (Wildman–Crippen MR) is 47.1 cm³/mol. The van der Waals surface area contributed by atoms with Crippen LogP contribution in [0, 0.1) is 0 Å². The summed E-state index contributed by atoms with van der Waals surface area (Å²) in [5.41, 5.74) is 0. The minimum atomic E-state index is -0.806. The molecule has 0 aromatic rings. The number of carbonyl (C=O) groups is 2. The Morgan fingerprint density at radius 2 is 1.42 bits per heavy atom. The van der Waals surface area contributed by atoms with Crippen molar-refractivity contribution >= 4 is 19.9 Å². The van der Waals surface area contributed by atoms with E-state index in [1.54, 1.807) is 0 Å². The molecular formula is C7H13O4P. The highest BCUT2D eigenvalue weighted by Gasteiger charge is 2.06. The van der Waals surface area contributed by atoms with Gasteiger partial charge in [-0.3, -0.25) is 9.59 Å². The van der Waals surface area contributed by atoms with Crippen molar-refractivity contribution in [3.05, 3.63) is 0 Å². The Bertz CT molecular complexity index is 151. The Morgan fingerprint density at radius 1 is 1.08 bits per heavy atom. The van der Waals surface area contributed by atoms with Gasteiger partial charge in [-0.15, -0.1) is 7.92 Å². The van der Waals surface area contributed by atoms with E-state index >= 15 is 0 Å². The minimum Gasteiger partial charge on any atom is -0.481 e. The minimum absolute atomic E-state index is 0.155. The maximum Gasteiger partial charge on any atom is 0.303 e. The predicted octanol–water partition coefficient (Wildman–Crippen LogP) is 1.05. The number of rotatable bonds is 6. The Balaban J connectivity index is 3.39. The second-order valence-electron chi connectivity index (χ2n) is 2.59. The summed E-state index contributed by atoms with van der Waals surface area (Å²) in [6.07, 6.45) is 1.56. The molecule has 0 spiro atoms. The van der Waals surface area contributed by atoms with Crippen molar-refractivity contribution in [1.29, 1.82) is 0 Å². The number of aliphatic carboxylic acids is 2. The van der Waals surface area contributed by atoms with Gasteiger partial charge < -0.3 is 10.2 Å². The molecule has 0 aromatic carbocycles. The maximum atomic E-state index is 10.1. The van der Waals surface area contributed by atoms with Crippen LogP contribution in [0.5, 0.6) is 0 Å². The highest BCUT2D eigenvalue weighted by molar-refractivity contribution is 7.56. The lowest BCUT2D eigenvalue weighted by Crippen LogP contribution is -2.02. The zero-order chi connectivity index (χ0) is 9.56. The van der Waals surface area contributed by atoms with Crippen LogP contribution in [0.25, 0.3) is 0 Å². The summed E-state index contributed by atoms with van der Waals surface area (Å²) in [6, 6.07) is 0. The molecule has 12 heavy (non-hydrogen) atoms. The van der Waals surface area contributed by atoms with Gasteiger partial charge in [0.05, 0.1) is 0 Å². The van der Waals surface area contributed by atoms with Gasteiger partial charge in [-0.05, 0) is 19.0 Å². The van der Waals surface area contributed by atoms with Crippen molar-refractivity contribution in [2.24, 2.45) is 0 Å². The van der Waals surface area contributed by atoms with Crippen molar-refractivity contribution in [2.75, 3.05) is 19.0 Å². The topological polar surface area (TPSA) is 74.6 Å². The molecule has 0 heterocycles. The number of hydrogen-bond donors (Lipinski definition) is 2. The van der Waals surface area contributed by atoms with E-state index in [0.717, 1.165) is 0 Å². The number of hydrogen-bond acceptors (Lipinski definition) is 2. The number of carboxylic acid groups (broad SMARTS) is 2. The molecule has 0 rings (SSSR count). The molecule has 70 valence electrons. The third-order valence-corrected chi connectivity index (χ3v) is 3.39. The van der Waals surface area contributed by atoms with Crippen LogP contribution >= 0.6 is 7.92 Å². The normalized spacial score (nSPS) is 10.2. The highest BCUT2D eigenvalue weighted by Crippen LogP contribution is 2.31. The Kier molecular flexibility index (Phi) is 5.64. The van der Waals surface area contributed by atoms with E-state index < -0.39 is 19.9 Å². The van der Waals surface area contributed by atoms with Gasteiger partial charge in [0.15, 0.2) is 0 Å². The molecule has 0 bridgehead atoms. The molecule has 0 fully saturated rings. The van der Waals surface area contributed by atoms with Gasteiger partial charge in [0.1, 0.15) is 0 Å². The molecule has 4 nitrogen and oxygen atoms in total. The first-order valence-electron chi connectivity index (χ1n) is 3.64. The molecule has 0 amide bonds. The van der Waals surface area contributed by atoms with Gasteiger partial charge in [0.2, 0.25) is 0 Å². The second kappa shape index (κ2) is 5.95. The van der Waals surface area contributed by atoms with Crippen molar-refractivity contribution in [1.82, 2.24) is 0 Å². The molecule has 5 heteroatoms. The van der Waals surface area contributed by atoms with Crippen LogP contribution in [0.4, 0.5) is 0 Å². The largest absolute Gasteiger partial charge is 0.481 e. The Labute approximate surface area is 72.3 Å². The average Bonchev–Trinajstić information content (AvgIpc) is 1.96.